The summed E-state index contributed by atoms with van der Waals surface area (Å²) in [6.07, 6.45) is 4.38. The summed E-state index contributed by atoms with van der Waals surface area (Å²) < 4.78 is 1.12. The van der Waals surface area contributed by atoms with Crippen LogP contribution in [0.3, 0.4) is 0 Å². The van der Waals surface area contributed by atoms with Crippen LogP contribution in [-0.4, -0.2) is 24.6 Å². The number of pyridine rings is 1. The Kier molecular flexibility index (Phi) is 3.99. The standard InChI is InChI=1S/C15H18BrN3/c16-14-3-1-2-13-12(14)6-9-19-15(13)18-8-5-11-4-7-17-10-11/h1-3,6,9,11,17H,4-5,7-8,10H2,(H,18,19). The largest absolute Gasteiger partial charge is 0.370 e. The van der Waals surface area contributed by atoms with E-state index in [-0.39, 0.29) is 0 Å². The van der Waals surface area contributed by atoms with Gasteiger partial charge in [-0.1, -0.05) is 28.1 Å². The van der Waals surface area contributed by atoms with Crippen LogP contribution in [-0.2, 0) is 0 Å². The van der Waals surface area contributed by atoms with Crippen molar-refractivity contribution in [2.45, 2.75) is 12.8 Å². The normalized spacial score (nSPS) is 18.9. The highest BCUT2D eigenvalue weighted by atomic mass is 79.9. The van der Waals surface area contributed by atoms with E-state index in [9.17, 15) is 0 Å². The van der Waals surface area contributed by atoms with Crippen molar-refractivity contribution < 1.29 is 0 Å². The van der Waals surface area contributed by atoms with Gasteiger partial charge in [0.2, 0.25) is 0 Å². The first kappa shape index (κ1) is 12.9. The maximum absolute atomic E-state index is 4.46. The number of rotatable bonds is 4. The molecule has 1 aliphatic heterocycles. The second-order valence-corrected chi connectivity index (χ2v) is 5.92. The molecule has 1 saturated heterocycles. The Labute approximate surface area is 121 Å². The zero-order valence-electron chi connectivity index (χ0n) is 10.8. The van der Waals surface area contributed by atoms with Gasteiger partial charge in [-0.3, -0.25) is 0 Å². The van der Waals surface area contributed by atoms with Crippen molar-refractivity contribution in [2.75, 3.05) is 25.0 Å². The number of halogens is 1. The molecule has 100 valence electrons. The van der Waals surface area contributed by atoms with E-state index in [0.29, 0.717) is 0 Å². The number of hydrogen-bond donors (Lipinski definition) is 2. The SMILES string of the molecule is Brc1cccc2c(NCCC3CCNC3)nccc12. The van der Waals surface area contributed by atoms with Crippen LogP contribution < -0.4 is 10.6 Å². The molecule has 0 saturated carbocycles. The van der Waals surface area contributed by atoms with Crippen molar-refractivity contribution in [1.29, 1.82) is 0 Å². The van der Waals surface area contributed by atoms with Crippen LogP contribution in [0.4, 0.5) is 5.82 Å². The highest BCUT2D eigenvalue weighted by Gasteiger charge is 2.13. The van der Waals surface area contributed by atoms with Crippen molar-refractivity contribution >= 4 is 32.5 Å². The fourth-order valence-electron chi connectivity index (χ4n) is 2.67. The predicted molar refractivity (Wildman–Crippen MR) is 83.5 cm³/mol. The van der Waals surface area contributed by atoms with Gasteiger partial charge in [0.25, 0.3) is 0 Å². The van der Waals surface area contributed by atoms with Crippen LogP contribution in [0.25, 0.3) is 10.8 Å². The van der Waals surface area contributed by atoms with Crippen LogP contribution in [0.2, 0.25) is 0 Å². The smallest absolute Gasteiger partial charge is 0.133 e. The van der Waals surface area contributed by atoms with Crippen molar-refractivity contribution in [1.82, 2.24) is 10.3 Å². The maximum Gasteiger partial charge on any atom is 0.133 e. The Morgan fingerprint density at radius 1 is 1.32 bits per heavy atom. The molecule has 3 nitrogen and oxygen atoms in total. The Morgan fingerprint density at radius 2 is 2.26 bits per heavy atom. The number of hydrogen-bond acceptors (Lipinski definition) is 3. The molecular formula is C15H18BrN3. The number of nitrogens with one attached hydrogen (secondary N) is 2. The van der Waals surface area contributed by atoms with E-state index in [0.717, 1.165) is 29.3 Å². The number of fused-ring (bicyclic) bond motifs is 1. The molecule has 19 heavy (non-hydrogen) atoms. The van der Waals surface area contributed by atoms with Crippen LogP contribution in [0, 0.1) is 5.92 Å². The molecule has 1 atom stereocenters. The van der Waals surface area contributed by atoms with Crippen LogP contribution >= 0.6 is 15.9 Å². The summed E-state index contributed by atoms with van der Waals surface area (Å²) in [6, 6.07) is 8.29. The second kappa shape index (κ2) is 5.88. The molecule has 0 bridgehead atoms. The summed E-state index contributed by atoms with van der Waals surface area (Å²) in [7, 11) is 0. The molecule has 1 fully saturated rings. The lowest BCUT2D eigenvalue weighted by molar-refractivity contribution is 0.549. The molecule has 1 unspecified atom stereocenters. The summed E-state index contributed by atoms with van der Waals surface area (Å²) in [4.78, 5) is 4.46. The van der Waals surface area contributed by atoms with Gasteiger partial charge in [-0.25, -0.2) is 4.98 Å². The number of benzene rings is 1. The number of anilines is 1. The van der Waals surface area contributed by atoms with Crippen molar-refractivity contribution in [2.24, 2.45) is 5.92 Å². The molecule has 3 rings (SSSR count). The van der Waals surface area contributed by atoms with E-state index >= 15 is 0 Å². The molecule has 0 amide bonds. The summed E-state index contributed by atoms with van der Waals surface area (Å²) in [6.45, 7) is 3.32. The molecule has 2 heterocycles. The third-order valence-electron chi connectivity index (χ3n) is 3.76. The molecule has 0 radical (unpaired) electrons. The second-order valence-electron chi connectivity index (χ2n) is 5.07. The minimum atomic E-state index is 0.814. The van der Waals surface area contributed by atoms with Crippen LogP contribution in [0.15, 0.2) is 34.9 Å². The van der Waals surface area contributed by atoms with E-state index in [1.165, 1.54) is 30.2 Å². The first-order valence-corrected chi connectivity index (χ1v) is 7.62. The molecule has 1 aromatic carbocycles. The fraction of sp³-hybridized carbons (Fsp3) is 0.400. The van der Waals surface area contributed by atoms with Gasteiger partial charge in [0.05, 0.1) is 0 Å². The monoisotopic (exact) mass is 319 g/mol. The van der Waals surface area contributed by atoms with Crippen LogP contribution in [0.1, 0.15) is 12.8 Å². The van der Waals surface area contributed by atoms with E-state index in [1.54, 1.807) is 0 Å². The quantitative estimate of drug-likeness (QED) is 0.906. The molecule has 0 spiro atoms. The summed E-state index contributed by atoms with van der Waals surface area (Å²) in [5.41, 5.74) is 0. The van der Waals surface area contributed by atoms with E-state index in [4.69, 9.17) is 0 Å². The van der Waals surface area contributed by atoms with E-state index in [2.05, 4.69) is 49.7 Å². The lowest BCUT2D eigenvalue weighted by atomic mass is 10.1. The minimum Gasteiger partial charge on any atom is -0.370 e. The zero-order chi connectivity index (χ0) is 13.1. The Balaban J connectivity index is 1.72. The topological polar surface area (TPSA) is 37.0 Å². The van der Waals surface area contributed by atoms with Gasteiger partial charge in [0.1, 0.15) is 5.82 Å². The van der Waals surface area contributed by atoms with Gasteiger partial charge in [0, 0.05) is 28.0 Å². The zero-order valence-corrected chi connectivity index (χ0v) is 12.4. The minimum absolute atomic E-state index is 0.814. The van der Waals surface area contributed by atoms with Crippen molar-refractivity contribution in [3.05, 3.63) is 34.9 Å². The van der Waals surface area contributed by atoms with Crippen molar-refractivity contribution in [3.8, 4) is 0 Å². The molecule has 1 aliphatic rings. The predicted octanol–water partition coefficient (Wildman–Crippen LogP) is 3.41. The third-order valence-corrected chi connectivity index (χ3v) is 4.45. The Hall–Kier alpha value is -1.13. The average Bonchev–Trinajstić information content (AvgIpc) is 2.93. The molecule has 2 N–H and O–H groups in total. The van der Waals surface area contributed by atoms with Gasteiger partial charge >= 0.3 is 0 Å². The fourth-order valence-corrected chi connectivity index (χ4v) is 3.16. The summed E-state index contributed by atoms with van der Waals surface area (Å²) in [5, 5.41) is 9.28. The molecule has 1 aromatic heterocycles. The van der Waals surface area contributed by atoms with Gasteiger partial charge in [-0.05, 0) is 44.0 Å². The molecule has 0 aliphatic carbocycles. The van der Waals surface area contributed by atoms with Gasteiger partial charge < -0.3 is 10.6 Å². The third kappa shape index (κ3) is 2.90. The molecule has 4 heteroatoms. The van der Waals surface area contributed by atoms with Crippen molar-refractivity contribution in [3.63, 3.8) is 0 Å². The molecule has 2 aromatic rings. The molecular weight excluding hydrogens is 302 g/mol. The summed E-state index contributed by atoms with van der Waals surface area (Å²) in [5.74, 6) is 1.80. The number of aromatic nitrogens is 1. The van der Waals surface area contributed by atoms with Gasteiger partial charge in [-0.2, -0.15) is 0 Å². The van der Waals surface area contributed by atoms with E-state index in [1.807, 2.05) is 12.3 Å². The first-order valence-electron chi connectivity index (χ1n) is 6.82. The van der Waals surface area contributed by atoms with Gasteiger partial charge in [-0.15, -0.1) is 0 Å². The summed E-state index contributed by atoms with van der Waals surface area (Å²) >= 11 is 3.59. The maximum atomic E-state index is 4.46. The Bertz CT molecular complexity index is 564. The first-order chi connectivity index (χ1) is 9.34. The lowest BCUT2D eigenvalue weighted by Gasteiger charge is -2.12. The average molecular weight is 320 g/mol. The number of nitrogens with zero attached hydrogens (tertiary/aromatic N) is 1. The Morgan fingerprint density at radius 3 is 3.11 bits per heavy atom. The van der Waals surface area contributed by atoms with E-state index < -0.39 is 0 Å². The highest BCUT2D eigenvalue weighted by Crippen LogP contribution is 2.27. The lowest BCUT2D eigenvalue weighted by Crippen LogP contribution is -2.13. The van der Waals surface area contributed by atoms with Crippen LogP contribution in [0.5, 0.6) is 0 Å². The van der Waals surface area contributed by atoms with Gasteiger partial charge in [0.15, 0.2) is 0 Å². The highest BCUT2D eigenvalue weighted by molar-refractivity contribution is 9.10.